The Morgan fingerprint density at radius 3 is 2.47 bits per heavy atom. The van der Waals surface area contributed by atoms with Crippen molar-refractivity contribution in [3.63, 3.8) is 0 Å². The zero-order valence-electron chi connectivity index (χ0n) is 9.50. The van der Waals surface area contributed by atoms with Gasteiger partial charge in [0.2, 0.25) is 5.91 Å². The average Bonchev–Trinajstić information content (AvgIpc) is 2.57. The lowest BCUT2D eigenvalue weighted by Crippen LogP contribution is -2.41. The highest BCUT2D eigenvalue weighted by Gasteiger charge is 2.35. The van der Waals surface area contributed by atoms with Crippen LogP contribution < -0.4 is 0 Å². The molecule has 3 nitrogen and oxygen atoms in total. The van der Waals surface area contributed by atoms with E-state index in [2.05, 4.69) is 29.8 Å². The predicted octanol–water partition coefficient (Wildman–Crippen LogP) is 1.78. The Morgan fingerprint density at radius 2 is 2.13 bits per heavy atom. The van der Waals surface area contributed by atoms with E-state index in [4.69, 9.17) is 0 Å². The summed E-state index contributed by atoms with van der Waals surface area (Å²) in [6.07, 6.45) is 2.71. The monoisotopic (exact) mass is 277 g/mol. The van der Waals surface area contributed by atoms with Gasteiger partial charge in [-0.2, -0.15) is 0 Å². The molecule has 88 valence electrons. The molecule has 1 saturated heterocycles. The van der Waals surface area contributed by atoms with Crippen molar-refractivity contribution in [2.75, 3.05) is 19.7 Å². The largest absolute Gasteiger partial charge is 0.396 e. The second-order valence-corrected chi connectivity index (χ2v) is 5.49. The molecule has 4 heteroatoms. The summed E-state index contributed by atoms with van der Waals surface area (Å²) in [6, 6.07) is 0. The number of amides is 1. The Bertz CT molecular complexity index is 220. The number of likely N-dealkylation sites (tertiary alicyclic amines) is 1. The molecule has 0 bridgehead atoms. The van der Waals surface area contributed by atoms with Crippen LogP contribution in [-0.4, -0.2) is 40.4 Å². The molecule has 1 atom stereocenters. The predicted molar refractivity (Wildman–Crippen MR) is 64.0 cm³/mol. The van der Waals surface area contributed by atoms with Crippen LogP contribution in [0.25, 0.3) is 0 Å². The number of aliphatic hydroxyl groups is 1. The SMILES string of the molecule is CCC(CC)(CO)CN1CCC(Br)C1=O. The van der Waals surface area contributed by atoms with Crippen molar-refractivity contribution >= 4 is 21.8 Å². The summed E-state index contributed by atoms with van der Waals surface area (Å²) in [7, 11) is 0. The second kappa shape index (κ2) is 5.30. The molecule has 0 spiro atoms. The third-order valence-corrected chi connectivity index (χ3v) is 4.44. The number of halogens is 1. The van der Waals surface area contributed by atoms with Crippen molar-refractivity contribution in [2.24, 2.45) is 5.41 Å². The number of hydrogen-bond acceptors (Lipinski definition) is 2. The van der Waals surface area contributed by atoms with Gasteiger partial charge in [0, 0.05) is 18.5 Å². The van der Waals surface area contributed by atoms with Gasteiger partial charge in [0.05, 0.1) is 11.4 Å². The fourth-order valence-electron chi connectivity index (χ4n) is 2.01. The van der Waals surface area contributed by atoms with Crippen molar-refractivity contribution in [3.8, 4) is 0 Å². The summed E-state index contributed by atoms with van der Waals surface area (Å²) >= 11 is 3.36. The lowest BCUT2D eigenvalue weighted by atomic mass is 9.83. The maximum atomic E-state index is 11.7. The molecule has 1 heterocycles. The molecular formula is C11H20BrNO2. The first kappa shape index (κ1) is 13.0. The first-order valence-electron chi connectivity index (χ1n) is 5.62. The minimum atomic E-state index is -0.104. The molecule has 1 aliphatic rings. The summed E-state index contributed by atoms with van der Waals surface area (Å²) in [4.78, 5) is 13.6. The van der Waals surface area contributed by atoms with Crippen molar-refractivity contribution in [1.29, 1.82) is 0 Å². The first-order chi connectivity index (χ1) is 7.08. The maximum absolute atomic E-state index is 11.7. The zero-order valence-corrected chi connectivity index (χ0v) is 11.1. The van der Waals surface area contributed by atoms with Crippen molar-refractivity contribution < 1.29 is 9.90 Å². The lowest BCUT2D eigenvalue weighted by Gasteiger charge is -2.33. The summed E-state index contributed by atoms with van der Waals surface area (Å²) in [5, 5.41) is 9.44. The number of rotatable bonds is 5. The van der Waals surface area contributed by atoms with Gasteiger partial charge in [0.25, 0.3) is 0 Å². The fraction of sp³-hybridized carbons (Fsp3) is 0.909. The van der Waals surface area contributed by atoms with Crippen molar-refractivity contribution in [2.45, 2.75) is 37.9 Å². The normalized spacial score (nSPS) is 22.5. The van der Waals surface area contributed by atoms with Gasteiger partial charge in [0.15, 0.2) is 0 Å². The fourth-order valence-corrected chi connectivity index (χ4v) is 2.50. The van der Waals surface area contributed by atoms with Crippen molar-refractivity contribution in [3.05, 3.63) is 0 Å². The standard InChI is InChI=1S/C11H20BrNO2/c1-3-11(4-2,8-14)7-13-6-5-9(12)10(13)15/h9,14H,3-8H2,1-2H3. The van der Waals surface area contributed by atoms with Crippen LogP contribution in [0.2, 0.25) is 0 Å². The first-order valence-corrected chi connectivity index (χ1v) is 6.54. The summed E-state index contributed by atoms with van der Waals surface area (Å²) in [5.41, 5.74) is -0.104. The van der Waals surface area contributed by atoms with Gasteiger partial charge in [0.1, 0.15) is 0 Å². The highest BCUT2D eigenvalue weighted by Crippen LogP contribution is 2.30. The molecule has 1 unspecified atom stereocenters. The highest BCUT2D eigenvalue weighted by atomic mass is 79.9. The van der Waals surface area contributed by atoms with E-state index in [1.54, 1.807) is 0 Å². The Labute approximate surface area is 100.0 Å². The molecule has 0 aromatic heterocycles. The van der Waals surface area contributed by atoms with Crippen LogP contribution in [0, 0.1) is 5.41 Å². The number of hydrogen-bond donors (Lipinski definition) is 1. The Balaban J connectivity index is 2.63. The van der Waals surface area contributed by atoms with E-state index in [1.165, 1.54) is 0 Å². The van der Waals surface area contributed by atoms with Crippen LogP contribution in [0.4, 0.5) is 0 Å². The number of carbonyl (C=O) groups is 1. The van der Waals surface area contributed by atoms with Gasteiger partial charge in [-0.3, -0.25) is 4.79 Å². The molecule has 0 aromatic carbocycles. The van der Waals surface area contributed by atoms with Gasteiger partial charge in [-0.05, 0) is 19.3 Å². The van der Waals surface area contributed by atoms with Gasteiger partial charge in [-0.15, -0.1) is 0 Å². The third-order valence-electron chi connectivity index (χ3n) is 3.59. The Morgan fingerprint density at radius 1 is 1.53 bits per heavy atom. The van der Waals surface area contributed by atoms with E-state index in [9.17, 15) is 9.90 Å². The maximum Gasteiger partial charge on any atom is 0.236 e. The topological polar surface area (TPSA) is 40.5 Å². The number of carbonyl (C=O) groups excluding carboxylic acids is 1. The van der Waals surface area contributed by atoms with E-state index < -0.39 is 0 Å². The molecule has 1 aliphatic heterocycles. The van der Waals surface area contributed by atoms with Gasteiger partial charge in [-0.1, -0.05) is 29.8 Å². The highest BCUT2D eigenvalue weighted by molar-refractivity contribution is 9.10. The number of aliphatic hydroxyl groups excluding tert-OH is 1. The van der Waals surface area contributed by atoms with Crippen molar-refractivity contribution in [1.82, 2.24) is 4.90 Å². The van der Waals surface area contributed by atoms with E-state index in [0.29, 0.717) is 6.54 Å². The van der Waals surface area contributed by atoms with Gasteiger partial charge in [-0.25, -0.2) is 0 Å². The number of alkyl halides is 1. The van der Waals surface area contributed by atoms with Crippen LogP contribution >= 0.6 is 15.9 Å². The molecular weight excluding hydrogens is 258 g/mol. The van der Waals surface area contributed by atoms with Crippen LogP contribution in [-0.2, 0) is 4.79 Å². The molecule has 1 amide bonds. The minimum absolute atomic E-state index is 0.0115. The van der Waals surface area contributed by atoms with E-state index in [0.717, 1.165) is 25.8 Å². The average molecular weight is 278 g/mol. The second-order valence-electron chi connectivity index (χ2n) is 4.38. The van der Waals surface area contributed by atoms with Crippen LogP contribution in [0.1, 0.15) is 33.1 Å². The van der Waals surface area contributed by atoms with E-state index >= 15 is 0 Å². The Hall–Kier alpha value is -0.0900. The Kier molecular flexibility index (Phi) is 4.59. The van der Waals surface area contributed by atoms with Crippen LogP contribution in [0.15, 0.2) is 0 Å². The summed E-state index contributed by atoms with van der Waals surface area (Å²) in [6.45, 7) is 5.82. The number of nitrogens with zero attached hydrogens (tertiary/aromatic N) is 1. The van der Waals surface area contributed by atoms with E-state index in [-0.39, 0.29) is 22.8 Å². The van der Waals surface area contributed by atoms with Crippen LogP contribution in [0.3, 0.4) is 0 Å². The minimum Gasteiger partial charge on any atom is -0.396 e. The molecule has 0 aromatic rings. The molecule has 1 N–H and O–H groups in total. The van der Waals surface area contributed by atoms with E-state index in [1.807, 2.05) is 4.90 Å². The molecule has 0 saturated carbocycles. The molecule has 1 fully saturated rings. The smallest absolute Gasteiger partial charge is 0.236 e. The summed E-state index contributed by atoms with van der Waals surface area (Å²) in [5.74, 6) is 0.176. The van der Waals surface area contributed by atoms with Gasteiger partial charge >= 0.3 is 0 Å². The van der Waals surface area contributed by atoms with Crippen LogP contribution in [0.5, 0.6) is 0 Å². The molecule has 1 rings (SSSR count). The molecule has 15 heavy (non-hydrogen) atoms. The molecule has 0 radical (unpaired) electrons. The quantitative estimate of drug-likeness (QED) is 0.779. The lowest BCUT2D eigenvalue weighted by molar-refractivity contribution is -0.129. The van der Waals surface area contributed by atoms with Gasteiger partial charge < -0.3 is 10.0 Å². The zero-order chi connectivity index (χ0) is 11.5. The molecule has 0 aliphatic carbocycles. The third kappa shape index (κ3) is 2.72. The summed E-state index contributed by atoms with van der Waals surface area (Å²) < 4.78 is 0.